The monoisotopic (exact) mass is 434 g/mol. The van der Waals surface area contributed by atoms with Crippen LogP contribution in [0.3, 0.4) is 0 Å². The molecular weight excluding hydrogens is 404 g/mol. The van der Waals surface area contributed by atoms with Gasteiger partial charge in [-0.3, -0.25) is 0 Å². The first-order valence-corrected chi connectivity index (χ1v) is 11.0. The van der Waals surface area contributed by atoms with Gasteiger partial charge in [0.05, 0.1) is 25.9 Å². The average Bonchev–Trinajstić information content (AvgIpc) is 2.83. The van der Waals surface area contributed by atoms with Gasteiger partial charge in [-0.15, -0.1) is 0 Å². The van der Waals surface area contributed by atoms with Crippen molar-refractivity contribution in [2.45, 2.75) is 57.5 Å². The van der Waals surface area contributed by atoms with Crippen LogP contribution in [0, 0.1) is 0 Å². The van der Waals surface area contributed by atoms with Crippen LogP contribution in [0.4, 0.5) is 0 Å². The van der Waals surface area contributed by atoms with Crippen molar-refractivity contribution in [2.24, 2.45) is 0 Å². The minimum Gasteiger partial charge on any atom is -0.368 e. The number of rotatable bonds is 9. The molecule has 1 aliphatic rings. The van der Waals surface area contributed by atoms with Gasteiger partial charge in [-0.2, -0.15) is 0 Å². The molecule has 32 heavy (non-hydrogen) atoms. The molecule has 1 fully saturated rings. The number of ether oxygens (including phenoxy) is 4. The van der Waals surface area contributed by atoms with E-state index in [4.69, 9.17) is 18.9 Å². The molecule has 0 aliphatic carbocycles. The Hall–Kier alpha value is -2.54. The third kappa shape index (κ3) is 6.03. The predicted octanol–water partition coefficient (Wildman–Crippen LogP) is 4.48. The second kappa shape index (κ2) is 11.4. The molecule has 3 aromatic rings. The number of aliphatic hydroxyl groups excluding tert-OH is 1. The van der Waals surface area contributed by atoms with Crippen molar-refractivity contribution in [1.82, 2.24) is 0 Å². The smallest absolute Gasteiger partial charge is 0.184 e. The van der Waals surface area contributed by atoms with Gasteiger partial charge in [0.2, 0.25) is 0 Å². The highest BCUT2D eigenvalue weighted by Gasteiger charge is 2.46. The third-order valence-corrected chi connectivity index (χ3v) is 5.60. The summed E-state index contributed by atoms with van der Waals surface area (Å²) in [5.41, 5.74) is 3.13. The van der Waals surface area contributed by atoms with Gasteiger partial charge in [-0.05, 0) is 23.6 Å². The topological polar surface area (TPSA) is 57.2 Å². The maximum atomic E-state index is 10.7. The summed E-state index contributed by atoms with van der Waals surface area (Å²) in [7, 11) is 0. The Morgan fingerprint density at radius 2 is 0.969 bits per heavy atom. The van der Waals surface area contributed by atoms with Crippen LogP contribution in [0.25, 0.3) is 0 Å². The summed E-state index contributed by atoms with van der Waals surface area (Å²) >= 11 is 0. The van der Waals surface area contributed by atoms with E-state index in [-0.39, 0.29) is 6.10 Å². The summed E-state index contributed by atoms with van der Waals surface area (Å²) in [6, 6.07) is 29.8. The molecule has 168 valence electrons. The highest BCUT2D eigenvalue weighted by molar-refractivity contribution is 5.15. The summed E-state index contributed by atoms with van der Waals surface area (Å²) in [5.74, 6) is 0. The standard InChI is InChI=1S/C27H30O5/c1-20-24(29-17-21-11-5-2-6-12-21)25(30-18-22-13-7-3-8-14-22)26(27(28)32-20)31-19-23-15-9-4-10-16-23/h2-16,20,24-28H,17-19H2,1H3/t20-,24-,25+,26-,27+/m1/s1. The summed E-state index contributed by atoms with van der Waals surface area (Å²) in [6.07, 6.45) is -3.04. The Kier molecular flexibility index (Phi) is 8.04. The molecule has 5 heteroatoms. The zero-order chi connectivity index (χ0) is 22.2. The molecule has 0 amide bonds. The van der Waals surface area contributed by atoms with E-state index < -0.39 is 24.6 Å². The van der Waals surface area contributed by atoms with Crippen molar-refractivity contribution < 1.29 is 24.1 Å². The summed E-state index contributed by atoms with van der Waals surface area (Å²) in [4.78, 5) is 0. The first kappa shape index (κ1) is 22.6. The predicted molar refractivity (Wildman–Crippen MR) is 122 cm³/mol. The quantitative estimate of drug-likeness (QED) is 0.538. The van der Waals surface area contributed by atoms with Crippen LogP contribution < -0.4 is 0 Å². The van der Waals surface area contributed by atoms with Crippen molar-refractivity contribution in [3.8, 4) is 0 Å². The van der Waals surface area contributed by atoms with Crippen LogP contribution in [0.2, 0.25) is 0 Å². The van der Waals surface area contributed by atoms with Gasteiger partial charge in [-0.25, -0.2) is 0 Å². The Balaban J connectivity index is 1.50. The molecule has 0 spiro atoms. The summed E-state index contributed by atoms with van der Waals surface area (Å²) in [5, 5.41) is 10.7. The molecule has 0 saturated carbocycles. The minimum atomic E-state index is -1.11. The van der Waals surface area contributed by atoms with Gasteiger partial charge < -0.3 is 24.1 Å². The third-order valence-electron chi connectivity index (χ3n) is 5.60. The van der Waals surface area contributed by atoms with E-state index in [0.29, 0.717) is 19.8 Å². The van der Waals surface area contributed by atoms with Crippen LogP contribution in [0.5, 0.6) is 0 Å². The van der Waals surface area contributed by atoms with E-state index in [0.717, 1.165) is 16.7 Å². The van der Waals surface area contributed by atoms with Gasteiger partial charge in [0.1, 0.15) is 18.3 Å². The minimum absolute atomic E-state index is 0.344. The van der Waals surface area contributed by atoms with Gasteiger partial charge in [0.15, 0.2) is 6.29 Å². The summed E-state index contributed by atoms with van der Waals surface area (Å²) < 4.78 is 24.5. The number of hydrogen-bond donors (Lipinski definition) is 1. The van der Waals surface area contributed by atoms with E-state index in [1.165, 1.54) is 0 Å². The van der Waals surface area contributed by atoms with E-state index >= 15 is 0 Å². The fourth-order valence-electron chi connectivity index (χ4n) is 3.89. The van der Waals surface area contributed by atoms with Crippen molar-refractivity contribution >= 4 is 0 Å². The highest BCUT2D eigenvalue weighted by Crippen LogP contribution is 2.29. The Labute approximate surface area is 189 Å². The van der Waals surface area contributed by atoms with Gasteiger partial charge in [-0.1, -0.05) is 91.0 Å². The molecule has 1 aliphatic heterocycles. The first-order valence-electron chi connectivity index (χ1n) is 11.0. The highest BCUT2D eigenvalue weighted by atomic mass is 16.7. The zero-order valence-corrected chi connectivity index (χ0v) is 18.2. The lowest BCUT2D eigenvalue weighted by molar-refractivity contribution is -0.308. The average molecular weight is 435 g/mol. The van der Waals surface area contributed by atoms with Gasteiger partial charge >= 0.3 is 0 Å². The summed E-state index contributed by atoms with van der Waals surface area (Å²) in [6.45, 7) is 3.05. The van der Waals surface area contributed by atoms with E-state index in [1.807, 2.05) is 97.9 Å². The number of benzene rings is 3. The molecule has 5 nitrogen and oxygen atoms in total. The molecule has 1 heterocycles. The SMILES string of the molecule is C[C@H]1O[C@H](O)[C@H](OCc2ccccc2)[C@@H](OCc2ccccc2)[C@@H]1OCc1ccccc1. The molecule has 0 unspecified atom stereocenters. The lowest BCUT2D eigenvalue weighted by atomic mass is 9.98. The fourth-order valence-corrected chi connectivity index (χ4v) is 3.89. The van der Waals surface area contributed by atoms with E-state index in [1.54, 1.807) is 0 Å². The normalized spacial score (nSPS) is 25.5. The molecule has 1 saturated heterocycles. The number of aliphatic hydroxyl groups is 1. The van der Waals surface area contributed by atoms with Crippen molar-refractivity contribution in [3.63, 3.8) is 0 Å². The Bertz CT molecular complexity index is 863. The molecule has 3 aromatic carbocycles. The van der Waals surface area contributed by atoms with Crippen LogP contribution in [-0.2, 0) is 38.8 Å². The molecule has 0 radical (unpaired) electrons. The molecule has 0 bridgehead atoms. The van der Waals surface area contributed by atoms with Gasteiger partial charge in [0.25, 0.3) is 0 Å². The van der Waals surface area contributed by atoms with E-state index in [9.17, 15) is 5.11 Å². The maximum Gasteiger partial charge on any atom is 0.184 e. The van der Waals surface area contributed by atoms with Crippen LogP contribution >= 0.6 is 0 Å². The molecule has 1 N–H and O–H groups in total. The largest absolute Gasteiger partial charge is 0.368 e. The van der Waals surface area contributed by atoms with Crippen molar-refractivity contribution in [3.05, 3.63) is 108 Å². The molecule has 5 atom stereocenters. The second-order valence-electron chi connectivity index (χ2n) is 8.02. The first-order chi connectivity index (χ1) is 15.7. The van der Waals surface area contributed by atoms with Crippen LogP contribution in [0.15, 0.2) is 91.0 Å². The van der Waals surface area contributed by atoms with Crippen molar-refractivity contribution in [1.29, 1.82) is 0 Å². The zero-order valence-electron chi connectivity index (χ0n) is 18.2. The molecular formula is C27H30O5. The number of hydrogen-bond acceptors (Lipinski definition) is 5. The van der Waals surface area contributed by atoms with Crippen LogP contribution in [-0.4, -0.2) is 35.8 Å². The lowest BCUT2D eigenvalue weighted by Gasteiger charge is -2.43. The molecule has 4 rings (SSSR count). The van der Waals surface area contributed by atoms with Crippen LogP contribution in [0.1, 0.15) is 23.6 Å². The second-order valence-corrected chi connectivity index (χ2v) is 8.02. The Morgan fingerprint density at radius 3 is 1.41 bits per heavy atom. The molecule has 0 aromatic heterocycles. The van der Waals surface area contributed by atoms with E-state index in [2.05, 4.69) is 0 Å². The maximum absolute atomic E-state index is 10.7. The van der Waals surface area contributed by atoms with Crippen molar-refractivity contribution in [2.75, 3.05) is 0 Å². The lowest BCUT2D eigenvalue weighted by Crippen LogP contribution is -2.59. The van der Waals surface area contributed by atoms with Gasteiger partial charge in [0, 0.05) is 0 Å². The fraction of sp³-hybridized carbons (Fsp3) is 0.333. The Morgan fingerprint density at radius 1 is 0.594 bits per heavy atom.